The first-order chi connectivity index (χ1) is 31.2. The van der Waals surface area contributed by atoms with Gasteiger partial charge in [-0.05, 0) is 85.2 Å². The van der Waals surface area contributed by atoms with Crippen LogP contribution in [0.3, 0.4) is 0 Å². The molecule has 4 N–H and O–H groups in total. The summed E-state index contributed by atoms with van der Waals surface area (Å²) in [7, 11) is 0. The molecule has 0 spiro atoms. The SMILES string of the molecule is N#Cc1ccc(CCN[C@@H](C(=O)Nc2ccc(-c3cnn(CC(=O)N4CCC(CN5CCN(c6ccc(NC7CCC(=O)NC7=O)cc6F)CC5)CC4)c3)cn2)c2ccccc2)cc1. The molecule has 2 aromatic heterocycles. The van der Waals surface area contributed by atoms with Crippen LogP contribution >= 0.6 is 0 Å². The molecule has 0 radical (unpaired) electrons. The van der Waals surface area contributed by atoms with E-state index in [-0.39, 0.29) is 36.5 Å². The molecule has 330 valence electrons. The summed E-state index contributed by atoms with van der Waals surface area (Å²) >= 11 is 0. The molecular formula is C48H52FN11O4. The van der Waals surface area contributed by atoms with Gasteiger partial charge in [0.1, 0.15) is 30.3 Å². The molecule has 3 aliphatic heterocycles. The van der Waals surface area contributed by atoms with Crippen molar-refractivity contribution in [3.05, 3.63) is 126 Å². The molecule has 5 heterocycles. The van der Waals surface area contributed by atoms with Crippen molar-refractivity contribution in [1.29, 1.82) is 5.26 Å². The van der Waals surface area contributed by atoms with Crippen LogP contribution in [-0.4, -0.2) is 107 Å². The summed E-state index contributed by atoms with van der Waals surface area (Å²) in [6.07, 6.45) is 8.38. The molecule has 3 saturated heterocycles. The summed E-state index contributed by atoms with van der Waals surface area (Å²) in [5, 5.41) is 25.2. The lowest BCUT2D eigenvalue weighted by atomic mass is 9.96. The first-order valence-corrected chi connectivity index (χ1v) is 21.9. The van der Waals surface area contributed by atoms with Crippen LogP contribution in [0.25, 0.3) is 11.1 Å². The van der Waals surface area contributed by atoms with Crippen LogP contribution in [0.2, 0.25) is 0 Å². The minimum absolute atomic E-state index is 0.0248. The van der Waals surface area contributed by atoms with E-state index in [2.05, 4.69) is 47.2 Å². The van der Waals surface area contributed by atoms with Crippen LogP contribution < -0.4 is 26.2 Å². The highest BCUT2D eigenvalue weighted by molar-refractivity contribution is 6.01. The highest BCUT2D eigenvalue weighted by Crippen LogP contribution is 2.27. The number of nitriles is 1. The fourth-order valence-corrected chi connectivity index (χ4v) is 8.58. The zero-order valence-electron chi connectivity index (χ0n) is 35.6. The van der Waals surface area contributed by atoms with Gasteiger partial charge in [0.05, 0.1) is 23.5 Å². The highest BCUT2D eigenvalue weighted by Gasteiger charge is 2.29. The number of imide groups is 1. The van der Waals surface area contributed by atoms with Gasteiger partial charge in [0.15, 0.2) is 0 Å². The van der Waals surface area contributed by atoms with Gasteiger partial charge in [0.2, 0.25) is 23.6 Å². The van der Waals surface area contributed by atoms with Crippen molar-refractivity contribution in [2.45, 2.75) is 50.7 Å². The molecule has 8 rings (SSSR count). The number of halogens is 1. The molecule has 1 unspecified atom stereocenters. The zero-order valence-corrected chi connectivity index (χ0v) is 35.6. The van der Waals surface area contributed by atoms with Gasteiger partial charge in [0.25, 0.3) is 0 Å². The van der Waals surface area contributed by atoms with E-state index < -0.39 is 18.0 Å². The number of pyridine rings is 1. The smallest absolute Gasteiger partial charge is 0.249 e. The lowest BCUT2D eigenvalue weighted by molar-refractivity contribution is -0.134. The van der Waals surface area contributed by atoms with Crippen LogP contribution in [-0.2, 0) is 32.1 Å². The van der Waals surface area contributed by atoms with Crippen LogP contribution in [0, 0.1) is 23.1 Å². The second-order valence-corrected chi connectivity index (χ2v) is 16.6. The fourth-order valence-electron chi connectivity index (χ4n) is 8.58. The molecule has 0 saturated carbocycles. The number of rotatable bonds is 15. The van der Waals surface area contributed by atoms with Crippen molar-refractivity contribution in [3.63, 3.8) is 0 Å². The minimum Gasteiger partial charge on any atom is -0.374 e. The van der Waals surface area contributed by atoms with E-state index in [0.29, 0.717) is 74.2 Å². The largest absolute Gasteiger partial charge is 0.374 e. The number of carbonyl (C=O) groups excluding carboxylic acids is 4. The lowest BCUT2D eigenvalue weighted by Gasteiger charge is -2.39. The number of nitrogens with one attached hydrogen (secondary N) is 4. The zero-order chi connectivity index (χ0) is 44.4. The minimum atomic E-state index is -0.602. The van der Waals surface area contributed by atoms with Crippen molar-refractivity contribution < 1.29 is 23.6 Å². The molecule has 0 aliphatic carbocycles. The number of piperazine rings is 1. The molecule has 64 heavy (non-hydrogen) atoms. The summed E-state index contributed by atoms with van der Waals surface area (Å²) in [4.78, 5) is 61.3. The number of benzene rings is 3. The molecule has 3 aromatic carbocycles. The van der Waals surface area contributed by atoms with E-state index in [1.54, 1.807) is 47.4 Å². The molecule has 3 fully saturated rings. The number of carbonyl (C=O) groups is 4. The van der Waals surface area contributed by atoms with Crippen LogP contribution in [0.1, 0.15) is 48.4 Å². The third-order valence-electron chi connectivity index (χ3n) is 12.2. The fraction of sp³-hybridized carbons (Fsp3) is 0.354. The van der Waals surface area contributed by atoms with Crippen molar-refractivity contribution in [2.75, 3.05) is 67.9 Å². The van der Waals surface area contributed by atoms with E-state index >= 15 is 4.39 Å². The second-order valence-electron chi connectivity index (χ2n) is 16.6. The Labute approximate surface area is 371 Å². The molecule has 2 atom stereocenters. The Bertz CT molecular complexity index is 2460. The summed E-state index contributed by atoms with van der Waals surface area (Å²) in [6, 6.07) is 26.5. The van der Waals surface area contributed by atoms with Crippen molar-refractivity contribution in [3.8, 4) is 17.2 Å². The Hall–Kier alpha value is -6.96. The van der Waals surface area contributed by atoms with E-state index in [4.69, 9.17) is 5.26 Å². The Balaban J connectivity index is 0.758. The molecule has 3 aliphatic rings. The molecule has 5 aromatic rings. The predicted molar refractivity (Wildman–Crippen MR) is 240 cm³/mol. The Morgan fingerprint density at radius 2 is 1.67 bits per heavy atom. The number of piperidine rings is 2. The third-order valence-corrected chi connectivity index (χ3v) is 12.2. The first-order valence-electron chi connectivity index (χ1n) is 21.9. The average Bonchev–Trinajstić information content (AvgIpc) is 3.78. The summed E-state index contributed by atoms with van der Waals surface area (Å²) in [6.45, 7) is 6.05. The van der Waals surface area contributed by atoms with E-state index in [1.807, 2.05) is 59.6 Å². The number of nitrogens with zero attached hydrogens (tertiary/aromatic N) is 7. The first kappa shape index (κ1) is 43.7. The van der Waals surface area contributed by atoms with Crippen LogP contribution in [0.5, 0.6) is 0 Å². The van der Waals surface area contributed by atoms with Gasteiger partial charge in [-0.15, -0.1) is 0 Å². The second kappa shape index (κ2) is 20.5. The average molecular weight is 866 g/mol. The number of likely N-dealkylation sites (tertiary alicyclic amines) is 1. The number of anilines is 3. The number of hydrogen-bond donors (Lipinski definition) is 4. The van der Waals surface area contributed by atoms with Gasteiger partial charge < -0.3 is 25.8 Å². The maximum atomic E-state index is 15.2. The van der Waals surface area contributed by atoms with Gasteiger partial charge in [0, 0.05) is 88.0 Å². The Morgan fingerprint density at radius 1 is 0.891 bits per heavy atom. The highest BCUT2D eigenvalue weighted by atomic mass is 19.1. The molecule has 4 amide bonds. The topological polar surface area (TPSA) is 181 Å². The van der Waals surface area contributed by atoms with Gasteiger partial charge >= 0.3 is 0 Å². The summed E-state index contributed by atoms with van der Waals surface area (Å²) in [5.74, 6) is -0.349. The van der Waals surface area contributed by atoms with E-state index in [9.17, 15) is 19.2 Å². The predicted octanol–water partition coefficient (Wildman–Crippen LogP) is 4.75. The Kier molecular flexibility index (Phi) is 14.0. The van der Waals surface area contributed by atoms with Crippen LogP contribution in [0.15, 0.2) is 104 Å². The van der Waals surface area contributed by atoms with Gasteiger partial charge in [-0.2, -0.15) is 10.4 Å². The normalized spacial score (nSPS) is 17.7. The van der Waals surface area contributed by atoms with Gasteiger partial charge in [-0.25, -0.2) is 9.37 Å². The monoisotopic (exact) mass is 865 g/mol. The maximum absolute atomic E-state index is 15.2. The maximum Gasteiger partial charge on any atom is 0.249 e. The lowest BCUT2D eigenvalue weighted by Crippen LogP contribution is -2.49. The quantitative estimate of drug-likeness (QED) is 0.107. The summed E-state index contributed by atoms with van der Waals surface area (Å²) < 4.78 is 16.9. The van der Waals surface area contributed by atoms with E-state index in [0.717, 1.165) is 54.7 Å². The number of aromatic nitrogens is 3. The standard InChI is InChI=1S/C48H52FN11O4/c49-40-26-39(54-41-12-15-44(61)56-47(41)63)11-13-42(40)58-24-22-57(23-25-58)30-35-17-20-59(21-18-35)45(62)32-60-31-38(29-53-60)37-10-14-43(52-28-37)55-48(64)46(36-4-2-1-3-5-36)51-19-16-33-6-8-34(27-50)9-7-33/h1-11,13-14,26,28-29,31,35,41,46,51,54H,12,15-25,30,32H2,(H,52,55,64)(H,56,61,63)/t41?,46-/m1/s1. The van der Waals surface area contributed by atoms with Crippen molar-refractivity contribution in [1.82, 2.24) is 35.2 Å². The van der Waals surface area contributed by atoms with Crippen molar-refractivity contribution in [2.24, 2.45) is 5.92 Å². The van der Waals surface area contributed by atoms with Crippen molar-refractivity contribution >= 4 is 40.8 Å². The molecular weight excluding hydrogens is 814 g/mol. The summed E-state index contributed by atoms with van der Waals surface area (Å²) in [5.41, 5.74) is 5.17. The number of amides is 4. The number of hydrogen-bond acceptors (Lipinski definition) is 11. The van der Waals surface area contributed by atoms with Gasteiger partial charge in [-0.1, -0.05) is 42.5 Å². The molecule has 15 nitrogen and oxygen atoms in total. The Morgan fingerprint density at radius 3 is 2.38 bits per heavy atom. The van der Waals surface area contributed by atoms with Crippen LogP contribution in [0.4, 0.5) is 21.6 Å². The molecule has 0 bridgehead atoms. The third kappa shape index (κ3) is 11.2. The van der Waals surface area contributed by atoms with Gasteiger partial charge in [-0.3, -0.25) is 34.1 Å². The van der Waals surface area contributed by atoms with E-state index in [1.165, 1.54) is 6.07 Å². The molecule has 16 heteroatoms.